The monoisotopic (exact) mass is 425 g/mol. The molecule has 26 heavy (non-hydrogen) atoms. The molecule has 9 heteroatoms. The lowest BCUT2D eigenvalue weighted by Gasteiger charge is -2.04. The maximum atomic E-state index is 12.2. The van der Waals surface area contributed by atoms with E-state index in [9.17, 15) is 9.59 Å². The molecule has 0 bridgehead atoms. The topological polar surface area (TPSA) is 71.1 Å². The van der Waals surface area contributed by atoms with Gasteiger partial charge in [0, 0.05) is 21.7 Å². The van der Waals surface area contributed by atoms with Crippen LogP contribution >= 0.6 is 46.1 Å². The Labute approximate surface area is 167 Å². The Hall–Kier alpha value is -2.12. The van der Waals surface area contributed by atoms with Gasteiger partial charge in [-0.3, -0.25) is 14.9 Å². The third kappa shape index (κ3) is 4.53. The van der Waals surface area contributed by atoms with Gasteiger partial charge in [-0.25, -0.2) is 4.98 Å². The van der Waals surface area contributed by atoms with Crippen LogP contribution in [-0.2, 0) is 0 Å². The molecule has 1 aromatic heterocycles. The summed E-state index contributed by atoms with van der Waals surface area (Å²) in [4.78, 5) is 28.5. The molecule has 0 saturated heterocycles. The standard InChI is InChI=1S/C17H10Cl3N3O2S/c18-10-3-1-9(2-4-10)15(24)23-17-22-14(8-26-17)16(25)21-11-5-6-12(19)13(20)7-11/h1-8H,(H,21,25)(H,22,23,24). The summed E-state index contributed by atoms with van der Waals surface area (Å²) in [7, 11) is 0. The molecule has 3 rings (SSSR count). The highest BCUT2D eigenvalue weighted by Gasteiger charge is 2.14. The van der Waals surface area contributed by atoms with E-state index >= 15 is 0 Å². The van der Waals surface area contributed by atoms with Crippen LogP contribution < -0.4 is 10.6 Å². The third-order valence-electron chi connectivity index (χ3n) is 3.24. The van der Waals surface area contributed by atoms with Gasteiger partial charge < -0.3 is 5.32 Å². The van der Waals surface area contributed by atoms with Crippen molar-refractivity contribution in [1.29, 1.82) is 0 Å². The van der Waals surface area contributed by atoms with E-state index in [0.717, 1.165) is 11.3 Å². The Bertz CT molecular complexity index is 974. The van der Waals surface area contributed by atoms with Crippen LogP contribution in [0.2, 0.25) is 15.1 Å². The molecule has 2 aromatic carbocycles. The average molecular weight is 427 g/mol. The molecular weight excluding hydrogens is 417 g/mol. The largest absolute Gasteiger partial charge is 0.321 e. The number of carbonyl (C=O) groups excluding carboxylic acids is 2. The summed E-state index contributed by atoms with van der Waals surface area (Å²) in [5.74, 6) is -0.765. The Morgan fingerprint density at radius 2 is 1.62 bits per heavy atom. The molecule has 0 aliphatic carbocycles. The number of halogens is 3. The molecule has 3 aromatic rings. The number of anilines is 2. The van der Waals surface area contributed by atoms with Crippen molar-refractivity contribution < 1.29 is 9.59 Å². The van der Waals surface area contributed by atoms with Gasteiger partial charge in [0.2, 0.25) is 0 Å². The fourth-order valence-corrected chi connectivity index (χ4v) is 3.08. The van der Waals surface area contributed by atoms with Crippen LogP contribution in [0, 0.1) is 0 Å². The van der Waals surface area contributed by atoms with E-state index in [1.807, 2.05) is 0 Å². The van der Waals surface area contributed by atoms with E-state index < -0.39 is 5.91 Å². The summed E-state index contributed by atoms with van der Waals surface area (Å²) in [6, 6.07) is 11.2. The van der Waals surface area contributed by atoms with E-state index in [1.54, 1.807) is 41.8 Å². The predicted molar refractivity (Wildman–Crippen MR) is 106 cm³/mol. The highest BCUT2D eigenvalue weighted by atomic mass is 35.5. The first-order valence-electron chi connectivity index (χ1n) is 7.21. The smallest absolute Gasteiger partial charge is 0.275 e. The van der Waals surface area contributed by atoms with Crippen molar-refractivity contribution in [2.45, 2.75) is 0 Å². The van der Waals surface area contributed by atoms with Gasteiger partial charge in [-0.15, -0.1) is 11.3 Å². The van der Waals surface area contributed by atoms with Crippen LogP contribution in [-0.4, -0.2) is 16.8 Å². The lowest BCUT2D eigenvalue weighted by Crippen LogP contribution is -2.14. The highest BCUT2D eigenvalue weighted by Crippen LogP contribution is 2.25. The van der Waals surface area contributed by atoms with Crippen LogP contribution in [0.15, 0.2) is 47.8 Å². The lowest BCUT2D eigenvalue weighted by molar-refractivity contribution is 0.101. The Morgan fingerprint density at radius 3 is 2.31 bits per heavy atom. The van der Waals surface area contributed by atoms with Gasteiger partial charge in [-0.2, -0.15) is 0 Å². The van der Waals surface area contributed by atoms with Crippen LogP contribution in [0.4, 0.5) is 10.8 Å². The molecule has 1 heterocycles. The number of hydrogen-bond donors (Lipinski definition) is 2. The number of nitrogens with one attached hydrogen (secondary N) is 2. The maximum Gasteiger partial charge on any atom is 0.275 e. The van der Waals surface area contributed by atoms with Crippen molar-refractivity contribution in [3.63, 3.8) is 0 Å². The molecule has 0 radical (unpaired) electrons. The molecule has 0 spiro atoms. The Morgan fingerprint density at radius 1 is 0.885 bits per heavy atom. The van der Waals surface area contributed by atoms with E-state index in [4.69, 9.17) is 34.8 Å². The van der Waals surface area contributed by atoms with Crippen LogP contribution in [0.5, 0.6) is 0 Å². The second kappa shape index (κ2) is 8.05. The second-order valence-electron chi connectivity index (χ2n) is 5.08. The highest BCUT2D eigenvalue weighted by molar-refractivity contribution is 7.14. The number of thiazole rings is 1. The third-order valence-corrected chi connectivity index (χ3v) is 4.99. The second-order valence-corrected chi connectivity index (χ2v) is 7.19. The molecule has 2 amide bonds. The average Bonchev–Trinajstić information content (AvgIpc) is 3.07. The van der Waals surface area contributed by atoms with Crippen LogP contribution in [0.25, 0.3) is 0 Å². The fraction of sp³-hybridized carbons (Fsp3) is 0. The van der Waals surface area contributed by atoms with Gasteiger partial charge >= 0.3 is 0 Å². The van der Waals surface area contributed by atoms with Gasteiger partial charge in [0.25, 0.3) is 11.8 Å². The zero-order valence-corrected chi connectivity index (χ0v) is 16.0. The molecular formula is C17H10Cl3N3O2S. The molecule has 0 atom stereocenters. The maximum absolute atomic E-state index is 12.2. The minimum atomic E-state index is -0.424. The summed E-state index contributed by atoms with van der Waals surface area (Å²) in [5.41, 5.74) is 1.10. The van der Waals surface area contributed by atoms with Gasteiger partial charge in [-0.05, 0) is 42.5 Å². The number of carbonyl (C=O) groups is 2. The number of amides is 2. The number of rotatable bonds is 4. The summed E-state index contributed by atoms with van der Waals surface area (Å²) in [6.45, 7) is 0. The van der Waals surface area contributed by atoms with Gasteiger partial charge in [0.15, 0.2) is 5.13 Å². The van der Waals surface area contributed by atoms with Gasteiger partial charge in [-0.1, -0.05) is 34.8 Å². The predicted octanol–water partition coefficient (Wildman–Crippen LogP) is 5.61. The van der Waals surface area contributed by atoms with Gasteiger partial charge in [0.1, 0.15) is 5.69 Å². The normalized spacial score (nSPS) is 10.4. The van der Waals surface area contributed by atoms with E-state index in [-0.39, 0.29) is 11.6 Å². The zero-order valence-electron chi connectivity index (χ0n) is 12.9. The quantitative estimate of drug-likeness (QED) is 0.570. The van der Waals surface area contributed by atoms with Crippen molar-refractivity contribution in [2.24, 2.45) is 0 Å². The summed E-state index contributed by atoms with van der Waals surface area (Å²) in [5, 5.41) is 8.43. The molecule has 0 saturated carbocycles. The number of benzene rings is 2. The number of hydrogen-bond acceptors (Lipinski definition) is 4. The van der Waals surface area contributed by atoms with Crippen molar-refractivity contribution in [1.82, 2.24) is 4.98 Å². The minimum absolute atomic E-state index is 0.174. The first-order valence-corrected chi connectivity index (χ1v) is 9.22. The van der Waals surface area contributed by atoms with Crippen molar-refractivity contribution in [3.05, 3.63) is 74.2 Å². The van der Waals surface area contributed by atoms with Crippen LogP contribution in [0.3, 0.4) is 0 Å². The number of nitrogens with zero attached hydrogens (tertiary/aromatic N) is 1. The zero-order chi connectivity index (χ0) is 18.7. The molecule has 132 valence electrons. The van der Waals surface area contributed by atoms with E-state index in [1.165, 1.54) is 6.07 Å². The van der Waals surface area contributed by atoms with Gasteiger partial charge in [0.05, 0.1) is 10.0 Å². The molecule has 0 fully saturated rings. The Balaban J connectivity index is 1.66. The van der Waals surface area contributed by atoms with E-state index in [0.29, 0.717) is 31.5 Å². The molecule has 2 N–H and O–H groups in total. The molecule has 0 unspecified atom stereocenters. The van der Waals surface area contributed by atoms with Crippen molar-refractivity contribution in [3.8, 4) is 0 Å². The molecule has 0 aliphatic heterocycles. The summed E-state index contributed by atoms with van der Waals surface area (Å²) < 4.78 is 0. The minimum Gasteiger partial charge on any atom is -0.321 e. The van der Waals surface area contributed by atoms with Crippen molar-refractivity contribution >= 4 is 68.8 Å². The molecule has 0 aliphatic rings. The van der Waals surface area contributed by atoms with Crippen molar-refractivity contribution in [2.75, 3.05) is 10.6 Å². The number of aromatic nitrogens is 1. The van der Waals surface area contributed by atoms with Crippen LogP contribution in [0.1, 0.15) is 20.8 Å². The Kier molecular flexibility index (Phi) is 5.78. The fourth-order valence-electron chi connectivity index (χ4n) is 1.98. The summed E-state index contributed by atoms with van der Waals surface area (Å²) in [6.07, 6.45) is 0. The molecule has 5 nitrogen and oxygen atoms in total. The van der Waals surface area contributed by atoms with E-state index in [2.05, 4.69) is 15.6 Å². The lowest BCUT2D eigenvalue weighted by atomic mass is 10.2. The SMILES string of the molecule is O=C(Nc1nc(C(=O)Nc2ccc(Cl)c(Cl)c2)cs1)c1ccc(Cl)cc1. The first-order chi connectivity index (χ1) is 12.4. The summed E-state index contributed by atoms with van der Waals surface area (Å²) >= 11 is 18.7. The first kappa shape index (κ1) is 18.7.